The zero-order chi connectivity index (χ0) is 11.7. The second-order valence-electron chi connectivity index (χ2n) is 3.11. The van der Waals surface area contributed by atoms with Crippen LogP contribution in [0.1, 0.15) is 20.7 Å². The van der Waals surface area contributed by atoms with Crippen LogP contribution in [0.5, 0.6) is 0 Å². The van der Waals surface area contributed by atoms with Gasteiger partial charge in [-0.15, -0.1) is 5.06 Å². The van der Waals surface area contributed by atoms with E-state index in [0.29, 0.717) is 17.2 Å². The van der Waals surface area contributed by atoms with Crippen LogP contribution in [0, 0.1) is 0 Å². The lowest BCUT2D eigenvalue weighted by Gasteiger charge is -2.07. The molecule has 6 nitrogen and oxygen atoms in total. The molecule has 1 aromatic carbocycles. The Morgan fingerprint density at radius 1 is 1.25 bits per heavy atom. The summed E-state index contributed by atoms with van der Waals surface area (Å²) in [4.78, 5) is 38.2. The molecule has 0 aromatic heterocycles. The monoisotopic (exact) mass is 220 g/mol. The van der Waals surface area contributed by atoms with Gasteiger partial charge in [-0.25, -0.2) is 0 Å². The molecule has 0 atom stereocenters. The number of nitrogens with zero attached hydrogens (tertiary/aromatic N) is 1. The van der Waals surface area contributed by atoms with Gasteiger partial charge >= 0.3 is 0 Å². The molecule has 1 aliphatic heterocycles. The van der Waals surface area contributed by atoms with Crippen LogP contribution in [0.15, 0.2) is 18.2 Å². The first kappa shape index (κ1) is 10.3. The Labute approximate surface area is 90.7 Å². The van der Waals surface area contributed by atoms with E-state index in [1.54, 1.807) is 0 Å². The summed E-state index contributed by atoms with van der Waals surface area (Å²) in [5.41, 5.74) is 0.940. The van der Waals surface area contributed by atoms with Gasteiger partial charge in [-0.05, 0) is 18.2 Å². The Hall–Kier alpha value is -2.21. The third-order valence-corrected chi connectivity index (χ3v) is 2.26. The third kappa shape index (κ3) is 1.36. The number of hydroxylamine groups is 2. The summed E-state index contributed by atoms with van der Waals surface area (Å²) in [6.45, 7) is 0. The van der Waals surface area contributed by atoms with Gasteiger partial charge in [0.1, 0.15) is 0 Å². The van der Waals surface area contributed by atoms with Crippen molar-refractivity contribution in [2.75, 3.05) is 12.4 Å². The number of carbonyl (C=O) groups is 3. The maximum absolute atomic E-state index is 11.7. The molecule has 0 spiro atoms. The van der Waals surface area contributed by atoms with Gasteiger partial charge in [0.05, 0.1) is 18.2 Å². The second kappa shape index (κ2) is 3.74. The van der Waals surface area contributed by atoms with Crippen molar-refractivity contribution in [2.45, 2.75) is 0 Å². The highest BCUT2D eigenvalue weighted by Crippen LogP contribution is 2.25. The molecule has 0 unspecified atom stereocenters. The first-order chi connectivity index (χ1) is 7.69. The average Bonchev–Trinajstić information content (AvgIpc) is 2.52. The largest absolute Gasteiger partial charge is 0.329 e. The van der Waals surface area contributed by atoms with Crippen molar-refractivity contribution in [1.82, 2.24) is 5.06 Å². The van der Waals surface area contributed by atoms with Crippen LogP contribution in [0.25, 0.3) is 0 Å². The third-order valence-electron chi connectivity index (χ3n) is 2.26. The molecule has 1 aromatic rings. The topological polar surface area (TPSA) is 75.7 Å². The van der Waals surface area contributed by atoms with Gasteiger partial charge in [-0.2, -0.15) is 0 Å². The number of amides is 3. The van der Waals surface area contributed by atoms with Gasteiger partial charge in [-0.1, -0.05) is 0 Å². The summed E-state index contributed by atoms with van der Waals surface area (Å²) in [5, 5.41) is 3.08. The molecule has 1 N–H and O–H groups in total. The van der Waals surface area contributed by atoms with Gasteiger partial charge in [0.2, 0.25) is 6.41 Å². The molecule has 0 radical (unpaired) electrons. The van der Waals surface area contributed by atoms with E-state index >= 15 is 0 Å². The van der Waals surface area contributed by atoms with E-state index in [9.17, 15) is 14.4 Å². The van der Waals surface area contributed by atoms with E-state index in [2.05, 4.69) is 10.2 Å². The van der Waals surface area contributed by atoms with Gasteiger partial charge in [-0.3, -0.25) is 19.2 Å². The maximum Gasteiger partial charge on any atom is 0.285 e. The molecule has 0 bridgehead atoms. The smallest absolute Gasteiger partial charge is 0.285 e. The van der Waals surface area contributed by atoms with Crippen molar-refractivity contribution in [1.29, 1.82) is 0 Å². The number of anilines is 1. The Morgan fingerprint density at radius 2 is 1.94 bits per heavy atom. The van der Waals surface area contributed by atoms with Gasteiger partial charge < -0.3 is 5.32 Å². The maximum atomic E-state index is 11.7. The standard InChI is InChI=1S/C10H8N2O4/c1-16-12-9(14)7-3-2-6(11-5-13)4-8(7)10(12)15/h2-5H,1H3,(H,11,13). The average molecular weight is 220 g/mol. The van der Waals surface area contributed by atoms with E-state index in [4.69, 9.17) is 0 Å². The molecule has 2 rings (SSSR count). The van der Waals surface area contributed by atoms with Crippen LogP contribution < -0.4 is 5.32 Å². The normalized spacial score (nSPS) is 13.9. The predicted molar refractivity (Wildman–Crippen MR) is 53.6 cm³/mol. The van der Waals surface area contributed by atoms with Crippen LogP contribution in [0.4, 0.5) is 5.69 Å². The molecule has 1 aliphatic rings. The minimum absolute atomic E-state index is 0.221. The molecule has 6 heteroatoms. The Bertz CT molecular complexity index is 484. The van der Waals surface area contributed by atoms with E-state index in [1.807, 2.05) is 0 Å². The van der Waals surface area contributed by atoms with Crippen LogP contribution in [0.3, 0.4) is 0 Å². The number of fused-ring (bicyclic) bond motifs is 1. The minimum Gasteiger partial charge on any atom is -0.329 e. The number of carbonyl (C=O) groups excluding carboxylic acids is 3. The van der Waals surface area contributed by atoms with E-state index < -0.39 is 11.8 Å². The summed E-state index contributed by atoms with van der Waals surface area (Å²) < 4.78 is 0. The number of imide groups is 1. The lowest BCUT2D eigenvalue weighted by molar-refractivity contribution is -0.105. The molecule has 3 amide bonds. The zero-order valence-electron chi connectivity index (χ0n) is 8.39. The Balaban J connectivity index is 2.47. The number of benzene rings is 1. The quantitative estimate of drug-likeness (QED) is 0.591. The highest BCUT2D eigenvalue weighted by atomic mass is 16.7. The summed E-state index contributed by atoms with van der Waals surface area (Å²) in [7, 11) is 1.24. The first-order valence-corrected chi connectivity index (χ1v) is 4.46. The van der Waals surface area contributed by atoms with E-state index in [1.165, 1.54) is 25.3 Å². The Morgan fingerprint density at radius 3 is 2.56 bits per heavy atom. The molecular formula is C10H8N2O4. The number of hydrogen-bond acceptors (Lipinski definition) is 4. The van der Waals surface area contributed by atoms with E-state index in [-0.39, 0.29) is 11.1 Å². The molecule has 0 fully saturated rings. The van der Waals surface area contributed by atoms with Crippen LogP contribution in [-0.4, -0.2) is 30.4 Å². The van der Waals surface area contributed by atoms with Gasteiger partial charge in [0.25, 0.3) is 11.8 Å². The van der Waals surface area contributed by atoms with Gasteiger partial charge in [0, 0.05) is 5.69 Å². The fraction of sp³-hybridized carbons (Fsp3) is 0.100. The van der Waals surface area contributed by atoms with E-state index in [0.717, 1.165) is 0 Å². The van der Waals surface area contributed by atoms with Crippen LogP contribution in [0.2, 0.25) is 0 Å². The number of rotatable bonds is 3. The summed E-state index contributed by atoms with van der Waals surface area (Å²) in [5.74, 6) is -1.03. The summed E-state index contributed by atoms with van der Waals surface area (Å²) >= 11 is 0. The molecular weight excluding hydrogens is 212 g/mol. The lowest BCUT2D eigenvalue weighted by atomic mass is 10.1. The molecule has 0 saturated carbocycles. The second-order valence-corrected chi connectivity index (χ2v) is 3.11. The summed E-state index contributed by atoms with van der Waals surface area (Å²) in [6.07, 6.45) is 0.497. The van der Waals surface area contributed by atoms with Crippen molar-refractivity contribution in [3.63, 3.8) is 0 Å². The lowest BCUT2D eigenvalue weighted by Crippen LogP contribution is -2.28. The van der Waals surface area contributed by atoms with Crippen molar-refractivity contribution in [3.8, 4) is 0 Å². The summed E-state index contributed by atoms with van der Waals surface area (Å²) in [6, 6.07) is 4.45. The highest BCUT2D eigenvalue weighted by molar-refractivity contribution is 6.21. The van der Waals surface area contributed by atoms with Gasteiger partial charge in [0.15, 0.2) is 0 Å². The van der Waals surface area contributed by atoms with Crippen molar-refractivity contribution >= 4 is 23.9 Å². The molecule has 1 heterocycles. The number of hydrogen-bond donors (Lipinski definition) is 1. The van der Waals surface area contributed by atoms with Crippen LogP contribution in [-0.2, 0) is 9.63 Å². The SMILES string of the molecule is CON1C(=O)c2ccc(NC=O)cc2C1=O. The highest BCUT2D eigenvalue weighted by Gasteiger charge is 2.36. The van der Waals surface area contributed by atoms with Crippen molar-refractivity contribution in [2.24, 2.45) is 0 Å². The van der Waals surface area contributed by atoms with Crippen molar-refractivity contribution < 1.29 is 19.2 Å². The van der Waals surface area contributed by atoms with Crippen LogP contribution >= 0.6 is 0 Å². The van der Waals surface area contributed by atoms with Crippen molar-refractivity contribution in [3.05, 3.63) is 29.3 Å². The predicted octanol–water partition coefficient (Wildman–Crippen LogP) is 0.412. The fourth-order valence-corrected chi connectivity index (χ4v) is 1.54. The first-order valence-electron chi connectivity index (χ1n) is 4.46. The molecule has 16 heavy (non-hydrogen) atoms. The molecule has 82 valence electrons. The Kier molecular flexibility index (Phi) is 2.41. The minimum atomic E-state index is -0.531. The zero-order valence-corrected chi connectivity index (χ0v) is 8.39. The molecule has 0 saturated heterocycles. The molecule has 0 aliphatic carbocycles. The number of nitrogens with one attached hydrogen (secondary N) is 1. The fourth-order valence-electron chi connectivity index (χ4n) is 1.54.